The highest BCUT2D eigenvalue weighted by Gasteiger charge is 2.40. The van der Waals surface area contributed by atoms with Gasteiger partial charge in [-0.25, -0.2) is 14.4 Å². The minimum atomic E-state index is -1.37. The van der Waals surface area contributed by atoms with E-state index in [2.05, 4.69) is 113 Å². The van der Waals surface area contributed by atoms with Crippen LogP contribution in [0.5, 0.6) is 0 Å². The Morgan fingerprint density at radius 3 is 2.07 bits per heavy atom. The normalized spacial score (nSPS) is 14.2. The average Bonchev–Trinajstić information content (AvgIpc) is 3.85. The van der Waals surface area contributed by atoms with Crippen LogP contribution in [0.3, 0.4) is 0 Å². The molecule has 1 unspecified atom stereocenters. The van der Waals surface area contributed by atoms with Gasteiger partial charge in [-0.15, -0.1) is 0 Å². The first-order valence-electron chi connectivity index (χ1n) is 18.4. The SMILES string of the molecule is CC1(C)c2ccc(C(F)c3ccc4c5ccccc5n5ccnc5c4c3)cc2N(c2ccccn2)c2c1ccc1c3ccccc3n(-c3ccccc3)c21. The summed E-state index contributed by atoms with van der Waals surface area (Å²) in [5.41, 5.74) is 10.3. The molecule has 5 nitrogen and oxygen atoms in total. The first-order valence-corrected chi connectivity index (χ1v) is 18.4. The summed E-state index contributed by atoms with van der Waals surface area (Å²) in [4.78, 5) is 11.9. The molecule has 0 fully saturated rings. The Hall–Kier alpha value is -6.79. The van der Waals surface area contributed by atoms with Crippen molar-refractivity contribution in [2.24, 2.45) is 0 Å². The molecule has 11 rings (SSSR count). The molecule has 6 heteroatoms. The minimum absolute atomic E-state index is 0.400. The molecule has 4 aromatic heterocycles. The molecule has 1 atom stereocenters. The highest BCUT2D eigenvalue weighted by atomic mass is 19.1. The second-order valence-corrected chi connectivity index (χ2v) is 14.8. The molecule has 0 radical (unpaired) electrons. The van der Waals surface area contributed by atoms with Crippen LogP contribution >= 0.6 is 0 Å². The lowest BCUT2D eigenvalue weighted by atomic mass is 9.72. The van der Waals surface area contributed by atoms with E-state index < -0.39 is 11.6 Å². The van der Waals surface area contributed by atoms with E-state index in [0.717, 1.165) is 72.2 Å². The second-order valence-electron chi connectivity index (χ2n) is 14.8. The number of aromatic nitrogens is 4. The zero-order chi connectivity index (χ0) is 36.1. The number of halogens is 1. The van der Waals surface area contributed by atoms with Crippen molar-refractivity contribution < 1.29 is 4.39 Å². The number of nitrogens with zero attached hydrogens (tertiary/aromatic N) is 5. The molecule has 0 amide bonds. The maximum absolute atomic E-state index is 17.2. The summed E-state index contributed by atoms with van der Waals surface area (Å²) in [6.45, 7) is 4.55. The van der Waals surface area contributed by atoms with Crippen LogP contribution in [-0.4, -0.2) is 18.9 Å². The molecule has 0 N–H and O–H groups in total. The average molecular weight is 700 g/mol. The monoisotopic (exact) mass is 699 g/mol. The van der Waals surface area contributed by atoms with E-state index in [0.29, 0.717) is 11.1 Å². The smallest absolute Gasteiger partial charge is 0.150 e. The van der Waals surface area contributed by atoms with Crippen LogP contribution in [0.4, 0.5) is 21.6 Å². The zero-order valence-electron chi connectivity index (χ0n) is 29.8. The molecule has 10 aromatic rings. The van der Waals surface area contributed by atoms with Crippen molar-refractivity contribution in [1.82, 2.24) is 18.9 Å². The lowest BCUT2D eigenvalue weighted by Crippen LogP contribution is -2.31. The quantitative estimate of drug-likeness (QED) is 0.172. The lowest BCUT2D eigenvalue weighted by molar-refractivity contribution is 0.402. The highest BCUT2D eigenvalue weighted by molar-refractivity contribution is 6.16. The van der Waals surface area contributed by atoms with Crippen LogP contribution in [0.1, 0.15) is 42.3 Å². The van der Waals surface area contributed by atoms with Crippen molar-refractivity contribution in [3.8, 4) is 5.69 Å². The van der Waals surface area contributed by atoms with E-state index >= 15 is 4.39 Å². The van der Waals surface area contributed by atoms with E-state index in [4.69, 9.17) is 9.97 Å². The third kappa shape index (κ3) is 4.25. The maximum Gasteiger partial charge on any atom is 0.150 e. The summed E-state index contributed by atoms with van der Waals surface area (Å²) in [5, 5.41) is 5.43. The fourth-order valence-corrected chi connectivity index (χ4v) is 8.97. The zero-order valence-corrected chi connectivity index (χ0v) is 29.8. The van der Waals surface area contributed by atoms with Crippen LogP contribution in [-0.2, 0) is 5.41 Å². The van der Waals surface area contributed by atoms with Crippen LogP contribution in [0, 0.1) is 0 Å². The van der Waals surface area contributed by atoms with Gasteiger partial charge in [0.25, 0.3) is 0 Å². The molecule has 0 spiro atoms. The van der Waals surface area contributed by atoms with Crippen molar-refractivity contribution in [3.63, 3.8) is 0 Å². The Labute approximate surface area is 311 Å². The van der Waals surface area contributed by atoms with Gasteiger partial charge >= 0.3 is 0 Å². The minimum Gasteiger partial charge on any atom is -0.307 e. The number of pyridine rings is 2. The van der Waals surface area contributed by atoms with Crippen molar-refractivity contribution in [3.05, 3.63) is 186 Å². The summed E-state index contributed by atoms with van der Waals surface area (Å²) >= 11 is 0. The summed E-state index contributed by atoms with van der Waals surface area (Å²) in [6, 6.07) is 50.1. The van der Waals surface area contributed by atoms with Gasteiger partial charge in [-0.3, -0.25) is 9.30 Å². The molecular weight excluding hydrogens is 666 g/mol. The Balaban J connectivity index is 1.16. The standard InChI is InChI=1S/C48H34FN5/c1-48(2)38-23-20-31(44(49)30-19-21-33-34-14-6-8-16-40(34)52-27-26-51-47(52)37(33)28-30)29-42(38)54(43-18-10-11-25-50-43)46-39(48)24-22-36-35-15-7-9-17-41(35)53(45(36)46)32-12-4-3-5-13-32/h3-29,44H,1-2H3. The van der Waals surface area contributed by atoms with E-state index in [9.17, 15) is 0 Å². The van der Waals surface area contributed by atoms with E-state index in [1.807, 2.05) is 79.3 Å². The molecule has 5 heterocycles. The molecule has 6 aromatic carbocycles. The van der Waals surface area contributed by atoms with Crippen molar-refractivity contribution in [2.75, 3.05) is 4.90 Å². The first-order chi connectivity index (χ1) is 26.5. The van der Waals surface area contributed by atoms with Gasteiger partial charge in [0, 0.05) is 51.2 Å². The van der Waals surface area contributed by atoms with Crippen LogP contribution in [0.2, 0.25) is 0 Å². The topological polar surface area (TPSA) is 38.4 Å². The molecule has 258 valence electrons. The van der Waals surface area contributed by atoms with Gasteiger partial charge in [-0.05, 0) is 76.2 Å². The molecule has 1 aliphatic heterocycles. The number of alkyl halides is 1. The highest BCUT2D eigenvalue weighted by Crippen LogP contribution is 2.55. The Bertz CT molecular complexity index is 3110. The number of fused-ring (bicyclic) bond motifs is 12. The molecule has 0 aliphatic carbocycles. The van der Waals surface area contributed by atoms with Gasteiger partial charge in [0.15, 0.2) is 6.17 Å². The number of benzene rings is 6. The largest absolute Gasteiger partial charge is 0.307 e. The van der Waals surface area contributed by atoms with Gasteiger partial charge in [-0.1, -0.05) is 111 Å². The molecule has 0 bridgehead atoms. The van der Waals surface area contributed by atoms with Gasteiger partial charge in [0.05, 0.1) is 27.9 Å². The van der Waals surface area contributed by atoms with Gasteiger partial charge in [-0.2, -0.15) is 0 Å². The molecule has 1 aliphatic rings. The number of para-hydroxylation sites is 3. The number of hydrogen-bond acceptors (Lipinski definition) is 3. The first kappa shape index (κ1) is 30.8. The maximum atomic E-state index is 17.2. The summed E-state index contributed by atoms with van der Waals surface area (Å²) in [6.07, 6.45) is 4.24. The van der Waals surface area contributed by atoms with Crippen LogP contribution < -0.4 is 4.90 Å². The van der Waals surface area contributed by atoms with Crippen LogP contribution in [0.25, 0.3) is 54.8 Å². The predicted molar refractivity (Wildman–Crippen MR) is 219 cm³/mol. The molecule has 54 heavy (non-hydrogen) atoms. The van der Waals surface area contributed by atoms with Crippen molar-refractivity contribution >= 4 is 66.3 Å². The van der Waals surface area contributed by atoms with E-state index in [1.54, 1.807) is 0 Å². The van der Waals surface area contributed by atoms with Crippen molar-refractivity contribution in [1.29, 1.82) is 0 Å². The van der Waals surface area contributed by atoms with Gasteiger partial charge < -0.3 is 4.57 Å². The summed E-state index contributed by atoms with van der Waals surface area (Å²) < 4.78 is 21.7. The second kappa shape index (κ2) is 11.4. The fourth-order valence-electron chi connectivity index (χ4n) is 8.97. The molecule has 0 saturated heterocycles. The van der Waals surface area contributed by atoms with E-state index in [1.165, 1.54) is 10.9 Å². The Kier molecular flexibility index (Phi) is 6.48. The Morgan fingerprint density at radius 1 is 0.574 bits per heavy atom. The number of rotatable bonds is 4. The number of hydrogen-bond donors (Lipinski definition) is 0. The third-order valence-corrected chi connectivity index (χ3v) is 11.5. The lowest BCUT2D eigenvalue weighted by Gasteiger charge is -2.42. The summed E-state index contributed by atoms with van der Waals surface area (Å²) in [5.74, 6) is 0.778. The van der Waals surface area contributed by atoms with Gasteiger partial charge in [0.1, 0.15) is 11.5 Å². The fraction of sp³-hybridized carbons (Fsp3) is 0.0833. The third-order valence-electron chi connectivity index (χ3n) is 11.5. The van der Waals surface area contributed by atoms with Crippen LogP contribution in [0.15, 0.2) is 164 Å². The van der Waals surface area contributed by atoms with Gasteiger partial charge in [0.2, 0.25) is 0 Å². The number of imidazole rings is 1. The summed E-state index contributed by atoms with van der Waals surface area (Å²) in [7, 11) is 0. The molecular formula is C48H34FN5. The molecule has 0 saturated carbocycles. The Morgan fingerprint density at radius 2 is 1.26 bits per heavy atom. The predicted octanol–water partition coefficient (Wildman–Crippen LogP) is 12.3. The van der Waals surface area contributed by atoms with E-state index in [-0.39, 0.29) is 0 Å². The van der Waals surface area contributed by atoms with Crippen molar-refractivity contribution in [2.45, 2.75) is 25.4 Å². The number of anilines is 3.